The molecule has 2 aromatic heterocycles. The van der Waals surface area contributed by atoms with Crippen molar-refractivity contribution in [3.05, 3.63) is 48.4 Å². The van der Waals surface area contributed by atoms with Crippen molar-refractivity contribution in [2.45, 2.75) is 5.22 Å². The Kier molecular flexibility index (Phi) is 2.45. The van der Waals surface area contributed by atoms with Gasteiger partial charge in [-0.25, -0.2) is 4.98 Å². The number of fused-ring (bicyclic) bond motifs is 1. The summed E-state index contributed by atoms with van der Waals surface area (Å²) in [6.45, 7) is 0. The van der Waals surface area contributed by atoms with Gasteiger partial charge in [0.1, 0.15) is 5.52 Å². The SMILES string of the molecule is O=C(Sc1nc2ccccc2o1)c1ccco1. The Morgan fingerprint density at radius 1 is 1.18 bits per heavy atom. The second-order valence-electron chi connectivity index (χ2n) is 3.31. The molecule has 0 aliphatic carbocycles. The molecule has 2 heterocycles. The predicted molar refractivity (Wildman–Crippen MR) is 62.9 cm³/mol. The average molecular weight is 245 g/mol. The number of benzene rings is 1. The molecule has 0 saturated heterocycles. The van der Waals surface area contributed by atoms with E-state index in [4.69, 9.17) is 8.83 Å². The van der Waals surface area contributed by atoms with Crippen LogP contribution in [0, 0.1) is 0 Å². The van der Waals surface area contributed by atoms with E-state index >= 15 is 0 Å². The highest BCUT2D eigenvalue weighted by molar-refractivity contribution is 8.13. The van der Waals surface area contributed by atoms with E-state index in [-0.39, 0.29) is 10.9 Å². The van der Waals surface area contributed by atoms with Crippen LogP contribution >= 0.6 is 11.8 Å². The van der Waals surface area contributed by atoms with E-state index in [1.807, 2.05) is 24.3 Å². The van der Waals surface area contributed by atoms with Crippen LogP contribution in [0.2, 0.25) is 0 Å². The topological polar surface area (TPSA) is 56.2 Å². The molecule has 0 atom stereocenters. The van der Waals surface area contributed by atoms with Gasteiger partial charge in [-0.15, -0.1) is 0 Å². The van der Waals surface area contributed by atoms with Gasteiger partial charge in [0.2, 0.25) is 0 Å². The van der Waals surface area contributed by atoms with Crippen LogP contribution in [0.25, 0.3) is 11.1 Å². The monoisotopic (exact) mass is 245 g/mol. The molecule has 0 aliphatic rings. The minimum absolute atomic E-state index is 0.221. The molecule has 0 amide bonds. The second kappa shape index (κ2) is 4.10. The minimum Gasteiger partial charge on any atom is -0.460 e. The number of nitrogens with zero attached hydrogens (tertiary/aromatic N) is 1. The second-order valence-corrected chi connectivity index (χ2v) is 4.24. The maximum absolute atomic E-state index is 11.7. The van der Waals surface area contributed by atoms with Crippen LogP contribution in [0.5, 0.6) is 0 Å². The Morgan fingerprint density at radius 3 is 2.82 bits per heavy atom. The van der Waals surface area contributed by atoms with Gasteiger partial charge in [-0.1, -0.05) is 12.1 Å². The number of carbonyl (C=O) groups excluding carboxylic acids is 1. The van der Waals surface area contributed by atoms with Gasteiger partial charge >= 0.3 is 0 Å². The van der Waals surface area contributed by atoms with Crippen molar-refractivity contribution in [3.63, 3.8) is 0 Å². The third-order valence-electron chi connectivity index (χ3n) is 2.18. The molecule has 1 aromatic carbocycles. The van der Waals surface area contributed by atoms with E-state index in [1.165, 1.54) is 6.26 Å². The summed E-state index contributed by atoms with van der Waals surface area (Å²) in [6.07, 6.45) is 1.46. The number of oxazole rings is 1. The number of hydrogen-bond acceptors (Lipinski definition) is 5. The normalized spacial score (nSPS) is 10.8. The molecule has 0 spiro atoms. The van der Waals surface area contributed by atoms with Crippen LogP contribution in [0.3, 0.4) is 0 Å². The lowest BCUT2D eigenvalue weighted by Crippen LogP contribution is -1.89. The van der Waals surface area contributed by atoms with Crippen LogP contribution in [0.15, 0.2) is 56.7 Å². The number of furan rings is 1. The zero-order chi connectivity index (χ0) is 11.7. The highest BCUT2D eigenvalue weighted by Gasteiger charge is 2.15. The number of thioether (sulfide) groups is 1. The third-order valence-corrected chi connectivity index (χ3v) is 2.91. The van der Waals surface area contributed by atoms with Crippen molar-refractivity contribution < 1.29 is 13.6 Å². The lowest BCUT2D eigenvalue weighted by atomic mass is 10.3. The molecular weight excluding hydrogens is 238 g/mol. The molecule has 3 rings (SSSR count). The van der Waals surface area contributed by atoms with Crippen molar-refractivity contribution in [2.75, 3.05) is 0 Å². The molecule has 17 heavy (non-hydrogen) atoms. The van der Waals surface area contributed by atoms with Crippen LogP contribution in [-0.4, -0.2) is 10.1 Å². The van der Waals surface area contributed by atoms with Crippen molar-refractivity contribution in [1.82, 2.24) is 4.98 Å². The third kappa shape index (κ3) is 1.97. The molecule has 84 valence electrons. The van der Waals surface area contributed by atoms with Crippen molar-refractivity contribution in [2.24, 2.45) is 0 Å². The summed E-state index contributed by atoms with van der Waals surface area (Å²) in [5, 5.41) is 0.106. The molecule has 3 aromatic rings. The predicted octanol–water partition coefficient (Wildman–Crippen LogP) is 3.35. The van der Waals surface area contributed by atoms with Crippen molar-refractivity contribution in [3.8, 4) is 0 Å². The zero-order valence-corrected chi connectivity index (χ0v) is 9.44. The molecule has 5 heteroatoms. The first-order chi connectivity index (χ1) is 8.33. The van der Waals surface area contributed by atoms with E-state index in [9.17, 15) is 4.79 Å². The van der Waals surface area contributed by atoms with Crippen molar-refractivity contribution in [1.29, 1.82) is 0 Å². The van der Waals surface area contributed by atoms with Gasteiger partial charge < -0.3 is 8.83 Å². The number of aromatic nitrogens is 1. The summed E-state index contributed by atoms with van der Waals surface area (Å²) in [7, 11) is 0. The summed E-state index contributed by atoms with van der Waals surface area (Å²) >= 11 is 0.917. The Labute approximate surface area is 101 Å². The fraction of sp³-hybridized carbons (Fsp3) is 0. The van der Waals surface area contributed by atoms with E-state index in [0.717, 1.165) is 17.3 Å². The lowest BCUT2D eigenvalue weighted by molar-refractivity contribution is 0.106. The van der Waals surface area contributed by atoms with Crippen molar-refractivity contribution >= 4 is 28.0 Å². The first kappa shape index (κ1) is 10.2. The Morgan fingerprint density at radius 2 is 2.06 bits per heavy atom. The minimum atomic E-state index is -0.221. The summed E-state index contributed by atoms with van der Waals surface area (Å²) in [4.78, 5) is 15.9. The van der Waals surface area contributed by atoms with E-state index < -0.39 is 0 Å². The summed E-state index contributed by atoms with van der Waals surface area (Å²) < 4.78 is 10.4. The molecule has 0 bridgehead atoms. The van der Waals surface area contributed by atoms with Gasteiger partial charge in [0.05, 0.1) is 6.26 Å². The first-order valence-corrected chi connectivity index (χ1v) is 5.76. The maximum Gasteiger partial charge on any atom is 0.264 e. The van der Waals surface area contributed by atoms with E-state index in [0.29, 0.717) is 10.8 Å². The molecule has 4 nitrogen and oxygen atoms in total. The fourth-order valence-electron chi connectivity index (χ4n) is 1.42. The molecular formula is C12H7NO3S. The summed E-state index contributed by atoms with van der Waals surface area (Å²) in [5.74, 6) is 0.289. The Hall–Kier alpha value is -2.01. The highest BCUT2D eigenvalue weighted by atomic mass is 32.2. The van der Waals surface area contributed by atoms with Gasteiger partial charge in [-0.2, -0.15) is 0 Å². The number of rotatable bonds is 2. The molecule has 0 fully saturated rings. The molecule has 0 saturated carbocycles. The van der Waals surface area contributed by atoms with Gasteiger partial charge in [0.25, 0.3) is 10.3 Å². The molecule has 0 N–H and O–H groups in total. The lowest BCUT2D eigenvalue weighted by Gasteiger charge is -1.90. The number of para-hydroxylation sites is 2. The number of carbonyl (C=O) groups is 1. The largest absolute Gasteiger partial charge is 0.460 e. The standard InChI is InChI=1S/C12H7NO3S/c14-11(10-6-3-7-15-10)17-12-13-8-4-1-2-5-9(8)16-12/h1-7H. The van der Waals surface area contributed by atoms with Crippen LogP contribution in [0.4, 0.5) is 0 Å². The zero-order valence-electron chi connectivity index (χ0n) is 8.62. The maximum atomic E-state index is 11.7. The van der Waals surface area contributed by atoms with Gasteiger partial charge in [-0.05, 0) is 24.3 Å². The quantitative estimate of drug-likeness (QED) is 0.648. The van der Waals surface area contributed by atoms with Crippen LogP contribution < -0.4 is 0 Å². The highest BCUT2D eigenvalue weighted by Crippen LogP contribution is 2.26. The summed E-state index contributed by atoms with van der Waals surface area (Å²) in [5.41, 5.74) is 1.41. The fourth-order valence-corrected chi connectivity index (χ4v) is 2.07. The van der Waals surface area contributed by atoms with Gasteiger partial charge in [0, 0.05) is 11.8 Å². The smallest absolute Gasteiger partial charge is 0.264 e. The summed E-state index contributed by atoms with van der Waals surface area (Å²) in [6, 6.07) is 10.6. The Balaban J connectivity index is 1.88. The van der Waals surface area contributed by atoms with E-state index in [2.05, 4.69) is 4.98 Å². The number of hydrogen-bond donors (Lipinski definition) is 0. The molecule has 0 radical (unpaired) electrons. The Bertz CT molecular complexity index is 624. The molecule has 0 aliphatic heterocycles. The van der Waals surface area contributed by atoms with Crippen LogP contribution in [-0.2, 0) is 0 Å². The molecule has 0 unspecified atom stereocenters. The first-order valence-electron chi connectivity index (χ1n) is 4.94. The van der Waals surface area contributed by atoms with Gasteiger partial charge in [-0.3, -0.25) is 4.79 Å². The van der Waals surface area contributed by atoms with E-state index in [1.54, 1.807) is 12.1 Å². The average Bonchev–Trinajstić information content (AvgIpc) is 2.97. The van der Waals surface area contributed by atoms with Crippen LogP contribution in [0.1, 0.15) is 10.6 Å². The van der Waals surface area contributed by atoms with Gasteiger partial charge in [0.15, 0.2) is 11.3 Å².